The lowest BCUT2D eigenvalue weighted by atomic mass is 9.94. The van der Waals surface area contributed by atoms with Crippen molar-refractivity contribution in [3.8, 4) is 17.2 Å². The number of methoxy groups -OCH3 is 1. The zero-order chi connectivity index (χ0) is 23.1. The molecule has 2 aliphatic rings. The van der Waals surface area contributed by atoms with Crippen LogP contribution in [0.2, 0.25) is 0 Å². The number of Topliss-reactive ketones (excluding diaryl/α,β-unsaturated/α-hetero) is 1. The van der Waals surface area contributed by atoms with E-state index >= 15 is 0 Å². The van der Waals surface area contributed by atoms with Crippen LogP contribution in [0.5, 0.6) is 17.2 Å². The molecule has 1 fully saturated rings. The highest BCUT2D eigenvalue weighted by Gasteiger charge is 2.47. The molecule has 1 saturated heterocycles. The third kappa shape index (κ3) is 3.47. The van der Waals surface area contributed by atoms with Crippen molar-refractivity contribution in [2.24, 2.45) is 0 Å². The minimum absolute atomic E-state index is 0.0107. The number of nitrogens with zero attached hydrogens (tertiary/aromatic N) is 1. The molecular formula is C26H21NO6. The fraction of sp³-hybridized carbons (Fsp3) is 0.154. The zero-order valence-corrected chi connectivity index (χ0v) is 18.1. The first-order chi connectivity index (χ1) is 16.0. The lowest BCUT2D eigenvalue weighted by molar-refractivity contribution is -0.132. The summed E-state index contributed by atoms with van der Waals surface area (Å²) in [7, 11) is 1.52. The van der Waals surface area contributed by atoms with Crippen molar-refractivity contribution in [3.63, 3.8) is 0 Å². The van der Waals surface area contributed by atoms with Gasteiger partial charge in [-0.25, -0.2) is 0 Å². The summed E-state index contributed by atoms with van der Waals surface area (Å²) in [5, 5.41) is 11.2. The molecule has 3 aromatic carbocycles. The van der Waals surface area contributed by atoms with Gasteiger partial charge in [0.05, 0.1) is 18.7 Å². The fourth-order valence-corrected chi connectivity index (χ4v) is 4.22. The maximum absolute atomic E-state index is 13.3. The quantitative estimate of drug-likeness (QED) is 0.366. The monoisotopic (exact) mass is 443 g/mol. The van der Waals surface area contributed by atoms with E-state index in [0.717, 1.165) is 5.56 Å². The molecule has 1 unspecified atom stereocenters. The molecule has 0 spiro atoms. The molecular weight excluding hydrogens is 422 g/mol. The third-order valence-corrected chi connectivity index (χ3v) is 5.78. The van der Waals surface area contributed by atoms with Gasteiger partial charge in [-0.15, -0.1) is 0 Å². The van der Waals surface area contributed by atoms with E-state index in [9.17, 15) is 14.7 Å². The van der Waals surface area contributed by atoms with Crippen molar-refractivity contribution in [2.45, 2.75) is 13.0 Å². The van der Waals surface area contributed by atoms with Crippen LogP contribution in [-0.2, 0) is 9.59 Å². The van der Waals surface area contributed by atoms with E-state index in [0.29, 0.717) is 34.1 Å². The topological polar surface area (TPSA) is 85.3 Å². The highest BCUT2D eigenvalue weighted by molar-refractivity contribution is 6.51. The van der Waals surface area contributed by atoms with Crippen LogP contribution in [0.4, 0.5) is 5.69 Å². The Hall–Kier alpha value is -4.26. The van der Waals surface area contributed by atoms with Crippen LogP contribution in [0.1, 0.15) is 22.7 Å². The van der Waals surface area contributed by atoms with Gasteiger partial charge in [0.25, 0.3) is 11.7 Å². The predicted molar refractivity (Wildman–Crippen MR) is 122 cm³/mol. The van der Waals surface area contributed by atoms with Crippen LogP contribution in [0, 0.1) is 6.92 Å². The Bertz CT molecular complexity index is 1310. The second kappa shape index (κ2) is 8.02. The summed E-state index contributed by atoms with van der Waals surface area (Å²) in [5.74, 6) is -0.175. The minimum atomic E-state index is -0.823. The van der Waals surface area contributed by atoms with E-state index in [1.54, 1.807) is 42.5 Å². The van der Waals surface area contributed by atoms with Gasteiger partial charge in [0.15, 0.2) is 11.5 Å². The van der Waals surface area contributed by atoms with Crippen LogP contribution in [-0.4, -0.2) is 30.7 Å². The van der Waals surface area contributed by atoms with Crippen molar-refractivity contribution >= 4 is 23.1 Å². The van der Waals surface area contributed by atoms with Gasteiger partial charge in [-0.2, -0.15) is 0 Å². The molecule has 0 aromatic heterocycles. The van der Waals surface area contributed by atoms with Gasteiger partial charge in [0.1, 0.15) is 11.5 Å². The number of carbonyl (C=O) groups is 2. The number of ketones is 1. The Morgan fingerprint density at radius 2 is 1.79 bits per heavy atom. The third-order valence-electron chi connectivity index (χ3n) is 5.78. The molecule has 2 aliphatic heterocycles. The Labute approximate surface area is 190 Å². The van der Waals surface area contributed by atoms with Crippen molar-refractivity contribution in [1.82, 2.24) is 0 Å². The molecule has 166 valence electrons. The van der Waals surface area contributed by atoms with E-state index in [1.807, 2.05) is 31.2 Å². The first-order valence-electron chi connectivity index (χ1n) is 10.4. The SMILES string of the molecule is COc1cccc(/C(O)=C2\C(=O)C(=O)N(c3ccc4c(c3)OCO4)C2c2cccc(C)c2)c1. The van der Waals surface area contributed by atoms with Crippen molar-refractivity contribution in [1.29, 1.82) is 0 Å². The first kappa shape index (κ1) is 20.6. The molecule has 0 radical (unpaired) electrons. The van der Waals surface area contributed by atoms with E-state index in [2.05, 4.69) is 0 Å². The van der Waals surface area contributed by atoms with Gasteiger partial charge in [0.2, 0.25) is 6.79 Å². The standard InChI is InChI=1S/C26H21NO6/c1-15-5-3-6-16(11-15)23-22(24(28)17-7-4-8-19(12-17)31-2)25(29)26(30)27(23)18-9-10-20-21(13-18)33-14-32-20/h3-13,23,28H,14H2,1-2H3/b24-22+. The van der Waals surface area contributed by atoms with Crippen LogP contribution in [0.3, 0.4) is 0 Å². The Kier molecular flexibility index (Phi) is 5.01. The number of aliphatic hydroxyl groups is 1. The molecule has 0 saturated carbocycles. The molecule has 3 aromatic rings. The molecule has 7 nitrogen and oxygen atoms in total. The van der Waals surface area contributed by atoms with E-state index in [4.69, 9.17) is 14.2 Å². The molecule has 0 aliphatic carbocycles. The number of ether oxygens (including phenoxy) is 3. The molecule has 1 amide bonds. The summed E-state index contributed by atoms with van der Waals surface area (Å²) in [4.78, 5) is 27.9. The summed E-state index contributed by atoms with van der Waals surface area (Å²) in [6.45, 7) is 2.02. The van der Waals surface area contributed by atoms with Gasteiger partial charge >= 0.3 is 0 Å². The average Bonchev–Trinajstić information content (AvgIpc) is 3.40. The molecule has 0 bridgehead atoms. The number of amides is 1. The maximum atomic E-state index is 13.3. The molecule has 2 heterocycles. The Morgan fingerprint density at radius 1 is 1.00 bits per heavy atom. The summed E-state index contributed by atoms with van der Waals surface area (Å²) in [5.41, 5.74) is 2.53. The van der Waals surface area contributed by atoms with Crippen LogP contribution in [0.15, 0.2) is 72.3 Å². The maximum Gasteiger partial charge on any atom is 0.300 e. The number of aryl methyl sites for hydroxylation is 1. The molecule has 1 N–H and O–H groups in total. The second-order valence-electron chi connectivity index (χ2n) is 7.85. The van der Waals surface area contributed by atoms with Gasteiger partial charge in [0, 0.05) is 17.3 Å². The summed E-state index contributed by atoms with van der Waals surface area (Å²) < 4.78 is 16.1. The van der Waals surface area contributed by atoms with Crippen molar-refractivity contribution in [2.75, 3.05) is 18.8 Å². The predicted octanol–water partition coefficient (Wildman–Crippen LogP) is 4.36. The van der Waals surface area contributed by atoms with Gasteiger partial charge in [-0.05, 0) is 36.8 Å². The summed E-state index contributed by atoms with van der Waals surface area (Å²) >= 11 is 0. The average molecular weight is 443 g/mol. The number of rotatable bonds is 4. The van der Waals surface area contributed by atoms with Gasteiger partial charge in [-0.3, -0.25) is 14.5 Å². The van der Waals surface area contributed by atoms with Crippen LogP contribution >= 0.6 is 0 Å². The lowest BCUT2D eigenvalue weighted by Gasteiger charge is -2.26. The number of hydrogen-bond acceptors (Lipinski definition) is 6. The molecule has 5 rings (SSSR count). The zero-order valence-electron chi connectivity index (χ0n) is 18.1. The minimum Gasteiger partial charge on any atom is -0.507 e. The Balaban J connectivity index is 1.71. The van der Waals surface area contributed by atoms with E-state index in [1.165, 1.54) is 12.0 Å². The van der Waals surface area contributed by atoms with Crippen LogP contribution < -0.4 is 19.1 Å². The normalized spacial score (nSPS) is 18.6. The van der Waals surface area contributed by atoms with E-state index in [-0.39, 0.29) is 18.1 Å². The summed E-state index contributed by atoms with van der Waals surface area (Å²) in [6.07, 6.45) is 0. The highest BCUT2D eigenvalue weighted by atomic mass is 16.7. The smallest absolute Gasteiger partial charge is 0.300 e. The summed E-state index contributed by atoms with van der Waals surface area (Å²) in [6, 6.07) is 18.5. The first-order valence-corrected chi connectivity index (χ1v) is 10.4. The second-order valence-corrected chi connectivity index (χ2v) is 7.85. The highest BCUT2D eigenvalue weighted by Crippen LogP contribution is 2.45. The van der Waals surface area contributed by atoms with Crippen molar-refractivity contribution in [3.05, 3.63) is 89.0 Å². The number of anilines is 1. The van der Waals surface area contributed by atoms with E-state index < -0.39 is 17.7 Å². The van der Waals surface area contributed by atoms with Gasteiger partial charge in [-0.1, -0.05) is 42.0 Å². The fourth-order valence-electron chi connectivity index (χ4n) is 4.22. The van der Waals surface area contributed by atoms with Gasteiger partial charge < -0.3 is 19.3 Å². The number of hydrogen-bond donors (Lipinski definition) is 1. The molecule has 7 heteroatoms. The Morgan fingerprint density at radius 3 is 2.58 bits per heavy atom. The number of benzene rings is 3. The number of aliphatic hydroxyl groups excluding tert-OH is 1. The number of fused-ring (bicyclic) bond motifs is 1. The van der Waals surface area contributed by atoms with Crippen LogP contribution in [0.25, 0.3) is 5.76 Å². The lowest BCUT2D eigenvalue weighted by Crippen LogP contribution is -2.29. The van der Waals surface area contributed by atoms with Crippen molar-refractivity contribution < 1.29 is 28.9 Å². The molecule has 33 heavy (non-hydrogen) atoms. The largest absolute Gasteiger partial charge is 0.507 e. The number of carbonyl (C=O) groups excluding carboxylic acids is 2. The molecule has 1 atom stereocenters.